The van der Waals surface area contributed by atoms with Crippen molar-refractivity contribution in [1.82, 2.24) is 14.7 Å². The molecule has 0 spiro atoms. The van der Waals surface area contributed by atoms with Crippen LogP contribution in [0.3, 0.4) is 0 Å². The van der Waals surface area contributed by atoms with E-state index >= 15 is 0 Å². The Bertz CT molecular complexity index is 992. The van der Waals surface area contributed by atoms with Crippen LogP contribution in [0.1, 0.15) is 31.9 Å². The van der Waals surface area contributed by atoms with Crippen molar-refractivity contribution in [3.63, 3.8) is 0 Å². The highest BCUT2D eigenvalue weighted by molar-refractivity contribution is 7.89. The molecule has 27 heavy (non-hydrogen) atoms. The molecule has 0 aliphatic carbocycles. The smallest absolute Gasteiger partial charge is 0.240 e. The summed E-state index contributed by atoms with van der Waals surface area (Å²) < 4.78 is 27.7. The van der Waals surface area contributed by atoms with Crippen LogP contribution in [0.5, 0.6) is 0 Å². The van der Waals surface area contributed by atoms with Gasteiger partial charge >= 0.3 is 0 Å². The molecule has 0 aliphatic heterocycles. The van der Waals surface area contributed by atoms with Crippen LogP contribution in [-0.4, -0.2) is 18.4 Å². The average molecular weight is 382 g/mol. The quantitative estimate of drug-likeness (QED) is 0.727. The fraction of sp³-hybridized carbons (Fsp3) is 0.238. The van der Waals surface area contributed by atoms with E-state index in [0.29, 0.717) is 0 Å². The number of hydrogen-bond donors (Lipinski definition) is 1. The Kier molecular flexibility index (Phi) is 5.39. The summed E-state index contributed by atoms with van der Waals surface area (Å²) in [7, 11) is -3.57. The fourth-order valence-electron chi connectivity index (χ4n) is 2.61. The Morgan fingerprint density at radius 1 is 0.963 bits per heavy atom. The second kappa shape index (κ2) is 7.58. The molecule has 0 saturated heterocycles. The van der Waals surface area contributed by atoms with Crippen LogP contribution in [0.4, 0.5) is 0 Å². The van der Waals surface area contributed by atoms with Gasteiger partial charge in [0.2, 0.25) is 10.0 Å². The van der Waals surface area contributed by atoms with Gasteiger partial charge < -0.3 is 0 Å². The molecule has 5 nitrogen and oxygen atoms in total. The number of hydrogen-bond acceptors (Lipinski definition) is 4. The molecule has 3 rings (SSSR count). The molecule has 6 heteroatoms. The summed E-state index contributed by atoms with van der Waals surface area (Å²) in [5, 5.41) is 0. The minimum atomic E-state index is -3.57. The maximum atomic E-state index is 12.5. The normalized spacial score (nSPS) is 12.1. The summed E-state index contributed by atoms with van der Waals surface area (Å²) >= 11 is 0. The molecule has 0 fully saturated rings. The van der Waals surface area contributed by atoms with Crippen molar-refractivity contribution >= 4 is 10.0 Å². The van der Waals surface area contributed by atoms with Crippen molar-refractivity contribution in [2.75, 3.05) is 0 Å². The van der Waals surface area contributed by atoms with Crippen LogP contribution in [0.2, 0.25) is 0 Å². The van der Waals surface area contributed by atoms with Crippen molar-refractivity contribution in [2.45, 2.75) is 37.6 Å². The first-order valence-corrected chi connectivity index (χ1v) is 10.2. The second-order valence-electron chi connectivity index (χ2n) is 7.39. The third-order valence-electron chi connectivity index (χ3n) is 4.28. The van der Waals surface area contributed by atoms with E-state index < -0.39 is 10.0 Å². The van der Waals surface area contributed by atoms with Gasteiger partial charge in [-0.25, -0.2) is 13.1 Å². The van der Waals surface area contributed by atoms with Crippen LogP contribution < -0.4 is 4.72 Å². The van der Waals surface area contributed by atoms with Gasteiger partial charge in [-0.2, -0.15) is 0 Å². The van der Waals surface area contributed by atoms with Gasteiger partial charge in [0.25, 0.3) is 0 Å². The van der Waals surface area contributed by atoms with Gasteiger partial charge in [0.05, 0.1) is 10.6 Å². The second-order valence-corrected chi connectivity index (χ2v) is 9.16. The molecule has 0 radical (unpaired) electrons. The zero-order chi connectivity index (χ0) is 19.5. The number of sulfonamides is 1. The molecule has 0 amide bonds. The summed E-state index contributed by atoms with van der Waals surface area (Å²) in [4.78, 5) is 8.72. The molecule has 0 bridgehead atoms. The van der Waals surface area contributed by atoms with Gasteiger partial charge in [0, 0.05) is 30.7 Å². The minimum Gasteiger partial charge on any atom is -0.264 e. The highest BCUT2D eigenvalue weighted by Gasteiger charge is 2.17. The molecule has 0 saturated carbocycles. The number of nitrogens with one attached hydrogen (secondary N) is 1. The maximum absolute atomic E-state index is 12.5. The van der Waals surface area contributed by atoms with Crippen molar-refractivity contribution < 1.29 is 8.42 Å². The summed E-state index contributed by atoms with van der Waals surface area (Å²) in [6, 6.07) is 14.5. The largest absolute Gasteiger partial charge is 0.264 e. The Labute approximate surface area is 160 Å². The molecule has 1 N–H and O–H groups in total. The standard InChI is InChI=1S/C21H23N3O2S/c1-21(2,3)18-7-9-19(10-8-18)27(25,26)24-14-16-6-11-20(23-13-16)17-5-4-12-22-15-17/h4-13,15,24H,14H2,1-3H3. The lowest BCUT2D eigenvalue weighted by Crippen LogP contribution is -2.23. The summed E-state index contributed by atoms with van der Waals surface area (Å²) in [6.45, 7) is 6.47. The van der Waals surface area contributed by atoms with Crippen LogP contribution in [-0.2, 0) is 22.0 Å². The van der Waals surface area contributed by atoms with E-state index in [1.807, 2.05) is 36.4 Å². The third-order valence-corrected chi connectivity index (χ3v) is 5.70. The topological polar surface area (TPSA) is 72.0 Å². The lowest BCUT2D eigenvalue weighted by atomic mass is 9.87. The number of nitrogens with zero attached hydrogens (tertiary/aromatic N) is 2. The number of pyridine rings is 2. The summed E-state index contributed by atoms with van der Waals surface area (Å²) in [5.41, 5.74) is 3.59. The predicted molar refractivity (Wildman–Crippen MR) is 107 cm³/mol. The SMILES string of the molecule is CC(C)(C)c1ccc(S(=O)(=O)NCc2ccc(-c3cccnc3)nc2)cc1. The van der Waals surface area contributed by atoms with Crippen molar-refractivity contribution in [3.05, 3.63) is 78.2 Å². The molecule has 0 atom stereocenters. The van der Waals surface area contributed by atoms with E-state index in [-0.39, 0.29) is 16.9 Å². The van der Waals surface area contributed by atoms with E-state index in [1.165, 1.54) is 0 Å². The zero-order valence-corrected chi connectivity index (χ0v) is 16.5. The molecular formula is C21H23N3O2S. The van der Waals surface area contributed by atoms with Crippen LogP contribution in [0.25, 0.3) is 11.3 Å². The number of aromatic nitrogens is 2. The average Bonchev–Trinajstić information content (AvgIpc) is 2.67. The number of benzene rings is 1. The molecule has 2 heterocycles. The van der Waals surface area contributed by atoms with Gasteiger partial charge in [-0.3, -0.25) is 9.97 Å². The lowest BCUT2D eigenvalue weighted by Gasteiger charge is -2.19. The molecular weight excluding hydrogens is 358 g/mol. The van der Waals surface area contributed by atoms with E-state index in [1.54, 1.807) is 30.7 Å². The molecule has 1 aromatic carbocycles. The Hall–Kier alpha value is -2.57. The predicted octanol–water partition coefficient (Wildman–Crippen LogP) is 3.92. The molecule has 0 aliphatic rings. The van der Waals surface area contributed by atoms with Crippen LogP contribution in [0.15, 0.2) is 72.0 Å². The third kappa shape index (κ3) is 4.78. The van der Waals surface area contributed by atoms with E-state index in [2.05, 4.69) is 35.5 Å². The van der Waals surface area contributed by atoms with Gasteiger partial charge in [0.15, 0.2) is 0 Å². The van der Waals surface area contributed by atoms with Gasteiger partial charge in [-0.15, -0.1) is 0 Å². The Morgan fingerprint density at radius 2 is 1.70 bits per heavy atom. The highest BCUT2D eigenvalue weighted by Crippen LogP contribution is 2.23. The van der Waals surface area contributed by atoms with E-state index in [0.717, 1.165) is 22.4 Å². The van der Waals surface area contributed by atoms with E-state index in [4.69, 9.17) is 0 Å². The number of rotatable bonds is 5. The summed E-state index contributed by atoms with van der Waals surface area (Å²) in [5.74, 6) is 0. The molecule has 140 valence electrons. The van der Waals surface area contributed by atoms with Crippen LogP contribution in [0, 0.1) is 0 Å². The zero-order valence-electron chi connectivity index (χ0n) is 15.7. The maximum Gasteiger partial charge on any atom is 0.240 e. The first-order chi connectivity index (χ1) is 12.8. The molecule has 3 aromatic rings. The van der Waals surface area contributed by atoms with Crippen molar-refractivity contribution in [2.24, 2.45) is 0 Å². The first-order valence-electron chi connectivity index (χ1n) is 8.71. The lowest BCUT2D eigenvalue weighted by molar-refractivity contribution is 0.578. The van der Waals surface area contributed by atoms with Gasteiger partial charge in [-0.1, -0.05) is 39.0 Å². The van der Waals surface area contributed by atoms with Crippen molar-refractivity contribution in [3.8, 4) is 11.3 Å². The Balaban J connectivity index is 1.68. The highest BCUT2D eigenvalue weighted by atomic mass is 32.2. The van der Waals surface area contributed by atoms with Crippen LogP contribution >= 0.6 is 0 Å². The minimum absolute atomic E-state index is 0.0165. The van der Waals surface area contributed by atoms with Crippen molar-refractivity contribution in [1.29, 1.82) is 0 Å². The van der Waals surface area contributed by atoms with E-state index in [9.17, 15) is 8.42 Å². The fourth-order valence-corrected chi connectivity index (χ4v) is 3.63. The summed E-state index contributed by atoms with van der Waals surface area (Å²) in [6.07, 6.45) is 5.13. The first kappa shape index (κ1) is 19.2. The monoisotopic (exact) mass is 381 g/mol. The van der Waals surface area contributed by atoms with Gasteiger partial charge in [0.1, 0.15) is 0 Å². The Morgan fingerprint density at radius 3 is 2.26 bits per heavy atom. The molecule has 0 unspecified atom stereocenters. The molecule has 2 aromatic heterocycles. The van der Waals surface area contributed by atoms with Gasteiger partial charge in [-0.05, 0) is 46.9 Å².